The van der Waals surface area contributed by atoms with Crippen LogP contribution in [-0.4, -0.2) is 22.2 Å². The summed E-state index contributed by atoms with van der Waals surface area (Å²) in [6.07, 6.45) is 4.87. The van der Waals surface area contributed by atoms with Crippen LogP contribution in [0.4, 0.5) is 0 Å². The molecule has 0 radical (unpaired) electrons. The number of aromatic nitrogens is 1. The number of hydrogen-bond acceptors (Lipinski definition) is 4. The van der Waals surface area contributed by atoms with Crippen molar-refractivity contribution < 1.29 is 5.11 Å². The molecule has 0 spiro atoms. The molecule has 3 nitrogen and oxygen atoms in total. The van der Waals surface area contributed by atoms with Gasteiger partial charge in [0.05, 0.1) is 12.1 Å². The highest BCUT2D eigenvalue weighted by Crippen LogP contribution is 2.24. The van der Waals surface area contributed by atoms with Crippen LogP contribution in [0, 0.1) is 6.92 Å². The summed E-state index contributed by atoms with van der Waals surface area (Å²) in [5.41, 5.74) is 0. The van der Waals surface area contributed by atoms with Crippen molar-refractivity contribution in [2.45, 2.75) is 51.3 Å². The Hall–Kier alpha value is -0.450. The quantitative estimate of drug-likeness (QED) is 0.829. The van der Waals surface area contributed by atoms with Crippen LogP contribution in [0.25, 0.3) is 0 Å². The molecule has 1 heterocycles. The van der Waals surface area contributed by atoms with Gasteiger partial charge in [0, 0.05) is 17.1 Å². The van der Waals surface area contributed by atoms with E-state index in [-0.39, 0.29) is 18.2 Å². The summed E-state index contributed by atoms with van der Waals surface area (Å²) in [4.78, 5) is 5.60. The molecule has 1 aliphatic carbocycles. The zero-order valence-corrected chi connectivity index (χ0v) is 10.0. The third-order valence-electron chi connectivity index (χ3n) is 2.95. The number of nitrogens with one attached hydrogen (secondary N) is 1. The summed E-state index contributed by atoms with van der Waals surface area (Å²) in [5, 5.41) is 14.3. The molecule has 84 valence electrons. The van der Waals surface area contributed by atoms with Gasteiger partial charge >= 0.3 is 0 Å². The number of aliphatic hydroxyl groups excluding tert-OH is 1. The molecule has 2 N–H and O–H groups in total. The minimum atomic E-state index is -0.173. The minimum absolute atomic E-state index is 0.173. The fourth-order valence-electron chi connectivity index (χ4n) is 2.10. The van der Waals surface area contributed by atoms with Crippen LogP contribution >= 0.6 is 11.3 Å². The Kier molecular flexibility index (Phi) is 3.38. The van der Waals surface area contributed by atoms with Crippen molar-refractivity contribution in [2.24, 2.45) is 0 Å². The third-order valence-corrected chi connectivity index (χ3v) is 4.05. The summed E-state index contributed by atoms with van der Waals surface area (Å²) in [6, 6.07) is 0.505. The Morgan fingerprint density at radius 1 is 1.60 bits per heavy atom. The van der Waals surface area contributed by atoms with Crippen LogP contribution in [0.15, 0.2) is 6.20 Å². The van der Waals surface area contributed by atoms with Crippen LogP contribution < -0.4 is 5.32 Å². The minimum Gasteiger partial charge on any atom is -0.392 e. The first-order chi connectivity index (χ1) is 7.16. The molecular weight excluding hydrogens is 208 g/mol. The average molecular weight is 226 g/mol. The maximum absolute atomic E-state index is 9.71. The molecule has 0 aliphatic heterocycles. The van der Waals surface area contributed by atoms with Gasteiger partial charge in [-0.2, -0.15) is 0 Å². The zero-order chi connectivity index (χ0) is 10.8. The van der Waals surface area contributed by atoms with E-state index in [0.29, 0.717) is 0 Å². The molecule has 1 saturated carbocycles. The van der Waals surface area contributed by atoms with Crippen molar-refractivity contribution in [1.82, 2.24) is 10.3 Å². The Morgan fingerprint density at radius 3 is 2.93 bits per heavy atom. The first-order valence-corrected chi connectivity index (χ1v) is 6.35. The van der Waals surface area contributed by atoms with E-state index in [1.54, 1.807) is 11.3 Å². The number of aryl methyl sites for hydroxylation is 1. The van der Waals surface area contributed by atoms with Gasteiger partial charge in [0.1, 0.15) is 5.01 Å². The summed E-state index contributed by atoms with van der Waals surface area (Å²) < 4.78 is 0. The number of aliphatic hydroxyl groups is 1. The van der Waals surface area contributed by atoms with Gasteiger partial charge in [-0.25, -0.2) is 4.98 Å². The standard InChI is InChI=1S/C11H18N2OS/c1-7-6-12-11(15-7)8(2)13-9-4-3-5-10(9)14/h6,8-10,13-14H,3-5H2,1-2H3/t8?,9-,10-/m0/s1. The van der Waals surface area contributed by atoms with Gasteiger partial charge in [-0.15, -0.1) is 11.3 Å². The summed E-state index contributed by atoms with van der Waals surface area (Å²) in [5.74, 6) is 0. The van der Waals surface area contributed by atoms with Crippen molar-refractivity contribution in [3.05, 3.63) is 16.1 Å². The first-order valence-electron chi connectivity index (χ1n) is 5.53. The van der Waals surface area contributed by atoms with E-state index < -0.39 is 0 Å². The summed E-state index contributed by atoms with van der Waals surface area (Å²) >= 11 is 1.73. The van der Waals surface area contributed by atoms with Gasteiger partial charge < -0.3 is 10.4 Å². The van der Waals surface area contributed by atoms with Crippen molar-refractivity contribution in [1.29, 1.82) is 0 Å². The highest BCUT2D eigenvalue weighted by atomic mass is 32.1. The van der Waals surface area contributed by atoms with Gasteiger partial charge in [0.2, 0.25) is 0 Å². The van der Waals surface area contributed by atoms with Gasteiger partial charge in [0.15, 0.2) is 0 Å². The molecule has 15 heavy (non-hydrogen) atoms. The van der Waals surface area contributed by atoms with E-state index >= 15 is 0 Å². The molecule has 1 aliphatic rings. The van der Waals surface area contributed by atoms with Crippen LogP contribution in [0.3, 0.4) is 0 Å². The monoisotopic (exact) mass is 226 g/mol. The molecular formula is C11H18N2OS. The lowest BCUT2D eigenvalue weighted by molar-refractivity contribution is 0.144. The second-order valence-corrected chi connectivity index (χ2v) is 5.57. The predicted molar refractivity (Wildman–Crippen MR) is 62.0 cm³/mol. The number of thiazole rings is 1. The smallest absolute Gasteiger partial charge is 0.109 e. The Labute approximate surface area is 94.5 Å². The third kappa shape index (κ3) is 2.56. The second-order valence-electron chi connectivity index (χ2n) is 4.30. The maximum Gasteiger partial charge on any atom is 0.109 e. The lowest BCUT2D eigenvalue weighted by Gasteiger charge is -2.20. The lowest BCUT2D eigenvalue weighted by atomic mass is 10.2. The average Bonchev–Trinajstić information content (AvgIpc) is 2.77. The van der Waals surface area contributed by atoms with Crippen molar-refractivity contribution >= 4 is 11.3 Å². The molecule has 0 saturated heterocycles. The van der Waals surface area contributed by atoms with Crippen molar-refractivity contribution in [3.63, 3.8) is 0 Å². The van der Waals surface area contributed by atoms with E-state index in [0.717, 1.165) is 24.3 Å². The van der Waals surface area contributed by atoms with Gasteiger partial charge in [-0.3, -0.25) is 0 Å². The van der Waals surface area contributed by atoms with E-state index in [1.165, 1.54) is 4.88 Å². The van der Waals surface area contributed by atoms with Crippen LogP contribution in [0.2, 0.25) is 0 Å². The molecule has 1 unspecified atom stereocenters. The fraction of sp³-hybridized carbons (Fsp3) is 0.727. The molecule has 1 aromatic heterocycles. The molecule has 1 aromatic rings. The second kappa shape index (κ2) is 4.60. The molecule has 3 atom stereocenters. The molecule has 0 bridgehead atoms. The van der Waals surface area contributed by atoms with E-state index in [2.05, 4.69) is 24.1 Å². The van der Waals surface area contributed by atoms with Crippen molar-refractivity contribution in [2.75, 3.05) is 0 Å². The maximum atomic E-state index is 9.71. The zero-order valence-electron chi connectivity index (χ0n) is 9.23. The van der Waals surface area contributed by atoms with E-state index in [1.807, 2.05) is 6.20 Å². The van der Waals surface area contributed by atoms with E-state index in [4.69, 9.17) is 0 Å². The van der Waals surface area contributed by atoms with Gasteiger partial charge in [-0.1, -0.05) is 0 Å². The molecule has 0 aromatic carbocycles. The first kappa shape index (κ1) is 11.0. The molecule has 4 heteroatoms. The topological polar surface area (TPSA) is 45.2 Å². The Morgan fingerprint density at radius 2 is 2.40 bits per heavy atom. The van der Waals surface area contributed by atoms with Gasteiger partial charge in [0.25, 0.3) is 0 Å². The SMILES string of the molecule is Cc1cnc(C(C)N[C@H]2CCC[C@@H]2O)s1. The number of nitrogens with zero attached hydrogens (tertiary/aromatic N) is 1. The molecule has 2 rings (SSSR count). The molecule has 0 amide bonds. The predicted octanol–water partition coefficient (Wildman–Crippen LogP) is 2.02. The van der Waals surface area contributed by atoms with Crippen LogP contribution in [-0.2, 0) is 0 Å². The highest BCUT2D eigenvalue weighted by molar-refractivity contribution is 7.11. The number of hydrogen-bond donors (Lipinski definition) is 2. The normalized spacial score (nSPS) is 28.2. The number of rotatable bonds is 3. The van der Waals surface area contributed by atoms with Crippen LogP contribution in [0.5, 0.6) is 0 Å². The Balaban J connectivity index is 1.94. The largest absolute Gasteiger partial charge is 0.392 e. The summed E-state index contributed by atoms with van der Waals surface area (Å²) in [7, 11) is 0. The van der Waals surface area contributed by atoms with Gasteiger partial charge in [-0.05, 0) is 33.1 Å². The summed E-state index contributed by atoms with van der Waals surface area (Å²) in [6.45, 7) is 4.18. The molecule has 1 fully saturated rings. The van der Waals surface area contributed by atoms with E-state index in [9.17, 15) is 5.11 Å². The lowest BCUT2D eigenvalue weighted by Crippen LogP contribution is -2.37. The Bertz CT molecular complexity index is 326. The van der Waals surface area contributed by atoms with Crippen molar-refractivity contribution in [3.8, 4) is 0 Å². The fourth-order valence-corrected chi connectivity index (χ4v) is 2.89. The highest BCUT2D eigenvalue weighted by Gasteiger charge is 2.26. The van der Waals surface area contributed by atoms with Crippen LogP contribution in [0.1, 0.15) is 42.1 Å².